The molecule has 0 amide bonds. The fraction of sp³-hybridized carbons (Fsp3) is 0.0952. The molecule has 0 saturated carbocycles. The van der Waals surface area contributed by atoms with Gasteiger partial charge in [-0.2, -0.15) is 5.10 Å². The molecule has 0 spiro atoms. The lowest BCUT2D eigenvalue weighted by molar-refractivity contribution is 0.709. The second-order valence-electron chi connectivity index (χ2n) is 6.15. The van der Waals surface area contributed by atoms with Crippen molar-refractivity contribution in [3.8, 4) is 0 Å². The van der Waals surface area contributed by atoms with Gasteiger partial charge in [-0.05, 0) is 59.7 Å². The van der Waals surface area contributed by atoms with Gasteiger partial charge >= 0.3 is 0 Å². The number of benzene rings is 3. The van der Waals surface area contributed by atoms with Gasteiger partial charge in [-0.3, -0.25) is 5.01 Å². The van der Waals surface area contributed by atoms with E-state index in [4.69, 9.17) is 16.7 Å². The van der Waals surface area contributed by atoms with Crippen molar-refractivity contribution in [2.45, 2.75) is 12.5 Å². The van der Waals surface area contributed by atoms with Gasteiger partial charge in [0.1, 0.15) is 0 Å². The summed E-state index contributed by atoms with van der Waals surface area (Å²) in [5.41, 5.74) is 4.50. The van der Waals surface area contributed by atoms with Crippen molar-refractivity contribution in [1.29, 1.82) is 0 Å². The molecule has 3 aromatic carbocycles. The molecule has 0 aromatic heterocycles. The standard InChI is InChI=1S/C21H15Br2ClN2/c22-16-5-1-14(2-6-16)20-13-21(15-3-9-18(24)10-4-15)26(25-20)19-11-7-17(23)8-12-19/h1-12,21H,13H2/t21-/m0/s1. The molecule has 1 atom stereocenters. The highest BCUT2D eigenvalue weighted by molar-refractivity contribution is 9.10. The lowest BCUT2D eigenvalue weighted by atomic mass is 9.98. The van der Waals surface area contributed by atoms with Gasteiger partial charge in [-0.15, -0.1) is 0 Å². The van der Waals surface area contributed by atoms with E-state index in [0.717, 1.165) is 37.4 Å². The molecular formula is C21H15Br2ClN2. The van der Waals surface area contributed by atoms with Crippen LogP contribution < -0.4 is 5.01 Å². The number of nitrogens with zero attached hydrogens (tertiary/aromatic N) is 2. The average molecular weight is 491 g/mol. The first-order chi connectivity index (χ1) is 12.6. The summed E-state index contributed by atoms with van der Waals surface area (Å²) in [6.45, 7) is 0. The van der Waals surface area contributed by atoms with Crippen LogP contribution in [-0.4, -0.2) is 5.71 Å². The molecule has 1 aliphatic heterocycles. The third-order valence-corrected chi connectivity index (χ3v) is 5.74. The molecule has 0 radical (unpaired) electrons. The monoisotopic (exact) mass is 488 g/mol. The fourth-order valence-corrected chi connectivity index (χ4v) is 3.76. The Morgan fingerprint density at radius 1 is 0.808 bits per heavy atom. The molecule has 5 heteroatoms. The van der Waals surface area contributed by atoms with E-state index in [1.165, 1.54) is 5.56 Å². The van der Waals surface area contributed by atoms with Crippen LogP contribution >= 0.6 is 43.5 Å². The third-order valence-electron chi connectivity index (χ3n) is 4.43. The van der Waals surface area contributed by atoms with Crippen LogP contribution in [0.5, 0.6) is 0 Å². The molecule has 0 bridgehead atoms. The summed E-state index contributed by atoms with van der Waals surface area (Å²) in [5.74, 6) is 0. The molecule has 0 saturated heterocycles. The average Bonchev–Trinajstić information content (AvgIpc) is 3.09. The first kappa shape index (κ1) is 17.8. The molecule has 2 nitrogen and oxygen atoms in total. The van der Waals surface area contributed by atoms with Gasteiger partial charge < -0.3 is 0 Å². The minimum atomic E-state index is 0.145. The van der Waals surface area contributed by atoms with Gasteiger partial charge in [-0.25, -0.2) is 0 Å². The Kier molecular flexibility index (Phi) is 5.16. The Hall–Kier alpha value is -1.62. The van der Waals surface area contributed by atoms with E-state index in [1.807, 2.05) is 24.3 Å². The van der Waals surface area contributed by atoms with Crippen LogP contribution in [0, 0.1) is 0 Å². The maximum absolute atomic E-state index is 6.08. The van der Waals surface area contributed by atoms with Crippen LogP contribution in [0.2, 0.25) is 5.02 Å². The molecule has 0 unspecified atom stereocenters. The Labute approximate surface area is 174 Å². The second kappa shape index (κ2) is 7.55. The Balaban J connectivity index is 1.74. The molecule has 1 heterocycles. The molecule has 0 N–H and O–H groups in total. The highest BCUT2D eigenvalue weighted by Gasteiger charge is 2.29. The summed E-state index contributed by atoms with van der Waals surface area (Å²) in [4.78, 5) is 0. The van der Waals surface area contributed by atoms with Crippen molar-refractivity contribution < 1.29 is 0 Å². The summed E-state index contributed by atoms with van der Waals surface area (Å²) in [5, 5.41) is 7.81. The number of hydrogen-bond acceptors (Lipinski definition) is 2. The van der Waals surface area contributed by atoms with Crippen molar-refractivity contribution >= 4 is 54.9 Å². The zero-order chi connectivity index (χ0) is 18.1. The van der Waals surface area contributed by atoms with Gasteiger partial charge in [0.25, 0.3) is 0 Å². The first-order valence-corrected chi connectivity index (χ1v) is 10.2. The van der Waals surface area contributed by atoms with Crippen LogP contribution in [0.4, 0.5) is 5.69 Å². The van der Waals surface area contributed by atoms with Gasteiger partial charge in [0.15, 0.2) is 0 Å². The quantitative estimate of drug-likeness (QED) is 0.378. The SMILES string of the molecule is Clc1ccc([C@@H]2CC(c3ccc(Br)cc3)=NN2c2ccc(Br)cc2)cc1. The van der Waals surface area contributed by atoms with Crippen molar-refractivity contribution in [3.05, 3.63) is 97.9 Å². The van der Waals surface area contributed by atoms with Crippen LogP contribution in [0.3, 0.4) is 0 Å². The summed E-state index contributed by atoms with van der Waals surface area (Å²) in [6.07, 6.45) is 0.847. The minimum absolute atomic E-state index is 0.145. The zero-order valence-corrected chi connectivity index (χ0v) is 17.7. The highest BCUT2D eigenvalue weighted by Crippen LogP contribution is 2.37. The highest BCUT2D eigenvalue weighted by atomic mass is 79.9. The van der Waals surface area contributed by atoms with Gasteiger partial charge in [0.05, 0.1) is 17.4 Å². The molecule has 26 heavy (non-hydrogen) atoms. The Bertz CT molecular complexity index is 935. The smallest absolute Gasteiger partial charge is 0.0831 e. The van der Waals surface area contributed by atoms with Crippen LogP contribution in [0.25, 0.3) is 0 Å². The number of anilines is 1. The molecule has 4 rings (SSSR count). The second-order valence-corrected chi connectivity index (χ2v) is 8.41. The predicted molar refractivity (Wildman–Crippen MR) is 116 cm³/mol. The van der Waals surface area contributed by atoms with Crippen molar-refractivity contribution in [1.82, 2.24) is 0 Å². The summed E-state index contributed by atoms with van der Waals surface area (Å²) in [6, 6.07) is 24.8. The van der Waals surface area contributed by atoms with E-state index in [9.17, 15) is 0 Å². The van der Waals surface area contributed by atoms with E-state index in [-0.39, 0.29) is 6.04 Å². The molecule has 1 aliphatic rings. The molecule has 0 fully saturated rings. The molecule has 0 aliphatic carbocycles. The van der Waals surface area contributed by atoms with E-state index in [1.54, 1.807) is 0 Å². The lowest BCUT2D eigenvalue weighted by Gasteiger charge is -2.24. The van der Waals surface area contributed by atoms with Crippen LogP contribution in [0.15, 0.2) is 86.8 Å². The van der Waals surface area contributed by atoms with Gasteiger partial charge in [-0.1, -0.05) is 67.7 Å². The van der Waals surface area contributed by atoms with Gasteiger partial charge in [0.2, 0.25) is 0 Å². The number of halogens is 3. The minimum Gasteiger partial charge on any atom is -0.257 e. The van der Waals surface area contributed by atoms with Crippen LogP contribution in [-0.2, 0) is 0 Å². The van der Waals surface area contributed by atoms with Crippen molar-refractivity contribution in [3.63, 3.8) is 0 Å². The fourth-order valence-electron chi connectivity index (χ4n) is 3.10. The third kappa shape index (κ3) is 3.73. The first-order valence-electron chi connectivity index (χ1n) is 8.24. The Morgan fingerprint density at radius 3 is 2.00 bits per heavy atom. The normalized spacial score (nSPS) is 16.7. The van der Waals surface area contributed by atoms with Crippen molar-refractivity contribution in [2.24, 2.45) is 5.10 Å². The lowest BCUT2D eigenvalue weighted by Crippen LogP contribution is -2.18. The predicted octanol–water partition coefficient (Wildman–Crippen LogP) is 7.22. The molecule has 3 aromatic rings. The van der Waals surface area contributed by atoms with E-state index < -0.39 is 0 Å². The topological polar surface area (TPSA) is 15.6 Å². The maximum Gasteiger partial charge on any atom is 0.0831 e. The molecule has 130 valence electrons. The van der Waals surface area contributed by atoms with E-state index in [2.05, 4.69) is 85.4 Å². The maximum atomic E-state index is 6.08. The summed E-state index contributed by atoms with van der Waals surface area (Å²) < 4.78 is 2.12. The summed E-state index contributed by atoms with van der Waals surface area (Å²) >= 11 is 13.1. The van der Waals surface area contributed by atoms with E-state index >= 15 is 0 Å². The van der Waals surface area contributed by atoms with Crippen molar-refractivity contribution in [2.75, 3.05) is 5.01 Å². The number of hydrogen-bond donors (Lipinski definition) is 0. The largest absolute Gasteiger partial charge is 0.257 e. The van der Waals surface area contributed by atoms with E-state index in [0.29, 0.717) is 0 Å². The Morgan fingerprint density at radius 2 is 1.38 bits per heavy atom. The van der Waals surface area contributed by atoms with Gasteiger partial charge in [0, 0.05) is 20.4 Å². The number of hydrazone groups is 1. The zero-order valence-electron chi connectivity index (χ0n) is 13.7. The van der Waals surface area contributed by atoms with Crippen LogP contribution in [0.1, 0.15) is 23.6 Å². The molecular weight excluding hydrogens is 476 g/mol. The summed E-state index contributed by atoms with van der Waals surface area (Å²) in [7, 11) is 0. The number of rotatable bonds is 3.